The van der Waals surface area contributed by atoms with Crippen molar-refractivity contribution < 1.29 is 64.6 Å². The van der Waals surface area contributed by atoms with Gasteiger partial charge in [0.2, 0.25) is 0 Å². The number of hydrogen-bond donors (Lipinski definition) is 0. The molecule has 0 saturated carbocycles. The fourth-order valence-corrected chi connectivity index (χ4v) is 5.00. The second-order valence-corrected chi connectivity index (χ2v) is 12.2. The molecule has 0 atom stereocenters. The minimum Gasteiger partial charge on any atom is -1.00 e. The maximum atomic E-state index is 3.40. The quantitative estimate of drug-likeness (QED) is 0.104. The number of pyridine rings is 3. The van der Waals surface area contributed by atoms with Gasteiger partial charge in [-0.05, 0) is 76.4 Å². The Hall–Kier alpha value is -3.21. The molecule has 0 fully saturated rings. The lowest BCUT2D eigenvalue weighted by atomic mass is 10.1. The van der Waals surface area contributed by atoms with Crippen LogP contribution in [0.4, 0.5) is 0 Å². The zero-order valence-electron chi connectivity index (χ0n) is 29.3. The van der Waals surface area contributed by atoms with Crippen molar-refractivity contribution in [2.45, 2.75) is 99.7 Å². The number of hydrogen-bond acceptors (Lipinski definition) is 0. The predicted octanol–water partition coefficient (Wildman–Crippen LogP) is -2.09. The zero-order chi connectivity index (χ0) is 32.0. The maximum Gasteiger partial charge on any atom is 0.171 e. The lowest BCUT2D eigenvalue weighted by molar-refractivity contribution is -0.697. The molecule has 1 aromatic carbocycles. The van der Waals surface area contributed by atoms with Crippen LogP contribution in [0.25, 0.3) is 0 Å². The third-order valence-corrected chi connectivity index (χ3v) is 8.28. The summed E-state index contributed by atoms with van der Waals surface area (Å²) in [5.41, 5.74) is 10.9. The highest BCUT2D eigenvalue weighted by atomic mass is 79.9. The van der Waals surface area contributed by atoms with Gasteiger partial charge in [0.1, 0.15) is 19.6 Å². The van der Waals surface area contributed by atoms with Crippen molar-refractivity contribution >= 4 is 0 Å². The summed E-state index contributed by atoms with van der Waals surface area (Å²) in [5.74, 6) is 20.4. The number of halogens is 3. The molecular weight excluding hydrogens is 786 g/mol. The van der Waals surface area contributed by atoms with Crippen molar-refractivity contribution in [1.82, 2.24) is 0 Å². The molecule has 0 unspecified atom stereocenters. The van der Waals surface area contributed by atoms with Crippen LogP contribution in [0.3, 0.4) is 0 Å². The largest absolute Gasteiger partial charge is 1.00 e. The Bertz CT molecular complexity index is 1600. The average molecular weight is 835 g/mol. The van der Waals surface area contributed by atoms with Crippen molar-refractivity contribution in [3.05, 3.63) is 124 Å². The molecule has 0 spiro atoms. The van der Waals surface area contributed by atoms with Crippen LogP contribution in [0.1, 0.15) is 88.6 Å². The zero-order valence-corrected chi connectivity index (χ0v) is 34.0. The molecule has 0 aliphatic heterocycles. The van der Waals surface area contributed by atoms with Crippen LogP contribution in [-0.4, -0.2) is 0 Å². The number of rotatable bonds is 9. The van der Waals surface area contributed by atoms with Gasteiger partial charge in [0, 0.05) is 90.1 Å². The van der Waals surface area contributed by atoms with E-state index >= 15 is 0 Å². The molecule has 252 valence electrons. The Morgan fingerprint density at radius 1 is 0.417 bits per heavy atom. The summed E-state index contributed by atoms with van der Waals surface area (Å²) in [6.07, 6.45) is 18.7. The van der Waals surface area contributed by atoms with Crippen LogP contribution >= 0.6 is 0 Å². The summed E-state index contributed by atoms with van der Waals surface area (Å²) in [5, 5.41) is 0. The van der Waals surface area contributed by atoms with E-state index in [2.05, 4.69) is 164 Å². The number of nitrogens with zero attached hydrogens (tertiary/aromatic N) is 3. The Morgan fingerprint density at radius 3 is 0.938 bits per heavy atom. The van der Waals surface area contributed by atoms with Gasteiger partial charge in [-0.3, -0.25) is 0 Å². The molecule has 6 heteroatoms. The van der Waals surface area contributed by atoms with Gasteiger partial charge in [0.15, 0.2) is 37.2 Å². The monoisotopic (exact) mass is 831 g/mol. The van der Waals surface area contributed by atoms with E-state index in [4.69, 9.17) is 0 Å². The minimum absolute atomic E-state index is 0. The molecule has 0 bridgehead atoms. The van der Waals surface area contributed by atoms with Gasteiger partial charge in [0.25, 0.3) is 0 Å². The van der Waals surface area contributed by atoms with Gasteiger partial charge in [-0.1, -0.05) is 35.5 Å². The predicted molar refractivity (Wildman–Crippen MR) is 183 cm³/mol. The van der Waals surface area contributed by atoms with Crippen LogP contribution in [0.15, 0.2) is 73.6 Å². The first kappa shape index (κ1) is 42.8. The van der Waals surface area contributed by atoms with Crippen LogP contribution in [0, 0.1) is 77.1 Å². The van der Waals surface area contributed by atoms with E-state index in [1.165, 1.54) is 33.4 Å². The van der Waals surface area contributed by atoms with Crippen molar-refractivity contribution in [3.8, 4) is 35.5 Å². The molecule has 0 aliphatic rings. The van der Waals surface area contributed by atoms with Crippen LogP contribution in [0.5, 0.6) is 0 Å². The molecule has 3 heterocycles. The lowest BCUT2D eigenvalue weighted by Gasteiger charge is -2.00. The molecule has 0 N–H and O–H groups in total. The molecule has 3 nitrogen and oxygen atoms in total. The van der Waals surface area contributed by atoms with Crippen molar-refractivity contribution in [2.24, 2.45) is 0 Å². The van der Waals surface area contributed by atoms with Gasteiger partial charge in [-0.2, -0.15) is 0 Å². The first-order valence-electron chi connectivity index (χ1n) is 16.3. The molecule has 0 aliphatic carbocycles. The van der Waals surface area contributed by atoms with Crippen LogP contribution in [0.2, 0.25) is 0 Å². The molecule has 48 heavy (non-hydrogen) atoms. The SMILES string of the molecule is Cc1cc[n+](CCCC#Cc2cc(C#CCCC[n+]3ccc(C)c(C)c3)cc(C#CCCC[n+]3ccc(C)c(C)c3)c2)cc1C.[Br-].[Br-].[Br-]. The van der Waals surface area contributed by atoms with Crippen LogP contribution < -0.4 is 64.6 Å². The first-order valence-corrected chi connectivity index (χ1v) is 16.3. The van der Waals surface area contributed by atoms with Crippen LogP contribution in [-0.2, 0) is 19.6 Å². The average Bonchev–Trinajstić information content (AvgIpc) is 3.02. The number of aromatic nitrogens is 3. The Labute approximate surface area is 321 Å². The standard InChI is InChI=1S/C42H48N3.3BrH/c1-34-19-25-43(31-37(34)4)22-13-7-10-16-40-28-41(17-11-8-14-23-44-26-20-35(2)38(5)32-44)30-42(29-40)18-12-9-15-24-45-27-21-36(3)39(6)33-45;;;/h19-21,25-33H,7-9,13-15,22-24H2,1-6H3;3*1H/q+3;;;/p-3. The van der Waals surface area contributed by atoms with Crippen molar-refractivity contribution in [1.29, 1.82) is 0 Å². The smallest absolute Gasteiger partial charge is 0.171 e. The van der Waals surface area contributed by atoms with E-state index in [0.717, 1.165) is 74.8 Å². The molecule has 3 aromatic heterocycles. The third kappa shape index (κ3) is 14.5. The van der Waals surface area contributed by atoms with Crippen molar-refractivity contribution in [3.63, 3.8) is 0 Å². The van der Waals surface area contributed by atoms with Gasteiger partial charge in [-0.25, -0.2) is 13.7 Å². The van der Waals surface area contributed by atoms with E-state index in [0.29, 0.717) is 0 Å². The fourth-order valence-electron chi connectivity index (χ4n) is 5.00. The maximum absolute atomic E-state index is 3.40. The Balaban J connectivity index is 0.00000384. The third-order valence-electron chi connectivity index (χ3n) is 8.28. The first-order chi connectivity index (χ1) is 21.8. The Morgan fingerprint density at radius 2 is 0.688 bits per heavy atom. The van der Waals surface area contributed by atoms with E-state index in [-0.39, 0.29) is 50.9 Å². The molecule has 0 saturated heterocycles. The summed E-state index contributed by atoms with van der Waals surface area (Å²) in [6.45, 7) is 15.9. The van der Waals surface area contributed by atoms with E-state index in [1.807, 2.05) is 0 Å². The molecule has 4 rings (SSSR count). The molecule has 0 amide bonds. The topological polar surface area (TPSA) is 11.6 Å². The molecular formula is C42H48Br3N3. The number of aryl methyl sites for hydroxylation is 9. The highest BCUT2D eigenvalue weighted by molar-refractivity contribution is 5.51. The molecule has 4 aromatic rings. The summed E-state index contributed by atoms with van der Waals surface area (Å²) >= 11 is 0. The summed E-state index contributed by atoms with van der Waals surface area (Å²) in [7, 11) is 0. The van der Waals surface area contributed by atoms with Gasteiger partial charge in [0.05, 0.1) is 0 Å². The molecule has 0 radical (unpaired) electrons. The number of unbranched alkanes of at least 4 members (excludes halogenated alkanes) is 3. The van der Waals surface area contributed by atoms with Gasteiger partial charge < -0.3 is 50.9 Å². The van der Waals surface area contributed by atoms with E-state index < -0.39 is 0 Å². The fraction of sp³-hybridized carbons (Fsp3) is 0.357. The summed E-state index contributed by atoms with van der Waals surface area (Å²) in [4.78, 5) is 0. The van der Waals surface area contributed by atoms with Crippen molar-refractivity contribution in [2.75, 3.05) is 0 Å². The summed E-state index contributed by atoms with van der Waals surface area (Å²) in [6, 6.07) is 12.9. The number of benzene rings is 1. The highest BCUT2D eigenvalue weighted by Gasteiger charge is 2.05. The normalized spacial score (nSPS) is 9.62. The van der Waals surface area contributed by atoms with Gasteiger partial charge >= 0.3 is 0 Å². The highest BCUT2D eigenvalue weighted by Crippen LogP contribution is 2.10. The van der Waals surface area contributed by atoms with E-state index in [9.17, 15) is 0 Å². The van der Waals surface area contributed by atoms with Gasteiger partial charge in [-0.15, -0.1) is 0 Å². The summed E-state index contributed by atoms with van der Waals surface area (Å²) < 4.78 is 6.76. The lowest BCUT2D eigenvalue weighted by Crippen LogP contribution is -3.00. The second-order valence-electron chi connectivity index (χ2n) is 12.2. The Kier molecular flexibility index (Phi) is 20.0. The second kappa shape index (κ2) is 22.4. The van der Waals surface area contributed by atoms with E-state index in [1.54, 1.807) is 0 Å². The minimum atomic E-state index is 0.